The third-order valence-corrected chi connectivity index (χ3v) is 3.52. The number of aryl methyl sites for hydroxylation is 1. The first-order valence-corrected chi connectivity index (χ1v) is 8.72. The fourth-order valence-corrected chi connectivity index (χ4v) is 2.30. The lowest BCUT2D eigenvalue weighted by molar-refractivity contribution is 0.330. The zero-order valence-corrected chi connectivity index (χ0v) is 11.9. The first kappa shape index (κ1) is 13.3. The van der Waals surface area contributed by atoms with Crippen LogP contribution in [-0.4, -0.2) is 22.8 Å². The predicted octanol–water partition coefficient (Wildman–Crippen LogP) is 2.80. The van der Waals surface area contributed by atoms with Crippen LogP contribution in [0.5, 0.6) is 5.75 Å². The van der Waals surface area contributed by atoms with E-state index in [1.54, 1.807) is 7.11 Å². The Kier molecular flexibility index (Phi) is 5.56. The summed E-state index contributed by atoms with van der Waals surface area (Å²) in [4.78, 5) is 0. The van der Waals surface area contributed by atoms with E-state index in [-0.39, 0.29) is 0 Å². The van der Waals surface area contributed by atoms with Gasteiger partial charge in [-0.25, -0.2) is 0 Å². The molecule has 0 spiro atoms. The van der Waals surface area contributed by atoms with Crippen LogP contribution < -0.4 is 4.74 Å². The average molecular weight is 238 g/mol. The van der Waals surface area contributed by atoms with E-state index in [4.69, 9.17) is 9.16 Å². The van der Waals surface area contributed by atoms with Gasteiger partial charge in [-0.2, -0.15) is 0 Å². The summed E-state index contributed by atoms with van der Waals surface area (Å²) in [6.45, 7) is 7.42. The molecule has 1 rings (SSSR count). The van der Waals surface area contributed by atoms with Crippen LogP contribution >= 0.6 is 0 Å². The van der Waals surface area contributed by atoms with Crippen molar-refractivity contribution in [2.45, 2.75) is 32.9 Å². The van der Waals surface area contributed by atoms with Crippen molar-refractivity contribution < 1.29 is 9.16 Å². The quantitative estimate of drug-likeness (QED) is 0.710. The molecule has 90 valence electrons. The minimum Gasteiger partial charge on any atom is -0.497 e. The van der Waals surface area contributed by atoms with Crippen LogP contribution in [0.1, 0.15) is 18.1 Å². The monoisotopic (exact) mass is 238 g/mol. The first-order valence-electron chi connectivity index (χ1n) is 5.94. The lowest BCUT2D eigenvalue weighted by atomic mass is 10.0. The Hall–Kier alpha value is -0.803. The molecule has 0 aliphatic heterocycles. The van der Waals surface area contributed by atoms with Gasteiger partial charge in [0.05, 0.1) is 7.11 Å². The van der Waals surface area contributed by atoms with Crippen molar-refractivity contribution in [3.8, 4) is 5.75 Å². The van der Waals surface area contributed by atoms with Crippen LogP contribution in [0.25, 0.3) is 0 Å². The molecule has 3 heteroatoms. The van der Waals surface area contributed by atoms with Crippen molar-refractivity contribution >= 4 is 9.04 Å². The summed E-state index contributed by atoms with van der Waals surface area (Å²) in [6, 6.07) is 6.31. The normalized spacial score (nSPS) is 10.8. The zero-order valence-electron chi connectivity index (χ0n) is 10.7. The molecule has 0 amide bonds. The minimum absolute atomic E-state index is 0.837. The summed E-state index contributed by atoms with van der Waals surface area (Å²) in [7, 11) is 0.823. The van der Waals surface area contributed by atoms with E-state index < -0.39 is 9.04 Å². The summed E-state index contributed by atoms with van der Waals surface area (Å²) >= 11 is 0. The highest BCUT2D eigenvalue weighted by atomic mass is 28.3. The maximum absolute atomic E-state index is 5.72. The molecule has 1 aromatic rings. The van der Waals surface area contributed by atoms with E-state index in [2.05, 4.69) is 32.2 Å². The van der Waals surface area contributed by atoms with Gasteiger partial charge < -0.3 is 9.16 Å². The lowest BCUT2D eigenvalue weighted by Gasteiger charge is -2.11. The molecule has 0 fully saturated rings. The molecule has 0 unspecified atom stereocenters. The molecule has 0 aliphatic rings. The van der Waals surface area contributed by atoms with Gasteiger partial charge in [0.2, 0.25) is 0 Å². The van der Waals surface area contributed by atoms with Gasteiger partial charge in [-0.3, -0.25) is 0 Å². The van der Waals surface area contributed by atoms with Gasteiger partial charge in [-0.1, -0.05) is 13.0 Å². The number of ether oxygens (including phenoxy) is 1. The molecule has 1 aromatic carbocycles. The lowest BCUT2D eigenvalue weighted by Crippen LogP contribution is -2.11. The summed E-state index contributed by atoms with van der Waals surface area (Å²) in [5.74, 6) is 0.939. The van der Waals surface area contributed by atoms with Crippen molar-refractivity contribution in [3.63, 3.8) is 0 Å². The second kappa shape index (κ2) is 6.71. The second-order valence-corrected chi connectivity index (χ2v) is 6.59. The maximum atomic E-state index is 5.72. The fourth-order valence-electron chi connectivity index (χ4n) is 1.71. The SMILES string of the molecule is CCc1ccc(OC)cc1CCO[SiH](C)C. The Morgan fingerprint density at radius 2 is 1.94 bits per heavy atom. The van der Waals surface area contributed by atoms with Crippen molar-refractivity contribution in [2.75, 3.05) is 13.7 Å². The molecular formula is C13H22O2Si. The number of methoxy groups -OCH3 is 1. The minimum atomic E-state index is -0.887. The maximum Gasteiger partial charge on any atom is 0.170 e. The molecule has 0 aliphatic carbocycles. The van der Waals surface area contributed by atoms with Crippen LogP contribution in [-0.2, 0) is 17.3 Å². The summed E-state index contributed by atoms with van der Waals surface area (Å²) in [5.41, 5.74) is 2.76. The third kappa shape index (κ3) is 3.98. The molecular weight excluding hydrogens is 216 g/mol. The highest BCUT2D eigenvalue weighted by molar-refractivity contribution is 6.48. The van der Waals surface area contributed by atoms with Crippen LogP contribution in [0, 0.1) is 0 Å². The topological polar surface area (TPSA) is 18.5 Å². The van der Waals surface area contributed by atoms with Crippen LogP contribution in [0.15, 0.2) is 18.2 Å². The highest BCUT2D eigenvalue weighted by Crippen LogP contribution is 2.18. The van der Waals surface area contributed by atoms with Gasteiger partial charge >= 0.3 is 0 Å². The summed E-state index contributed by atoms with van der Waals surface area (Å²) < 4.78 is 11.0. The summed E-state index contributed by atoms with van der Waals surface area (Å²) in [6.07, 6.45) is 2.06. The van der Waals surface area contributed by atoms with Gasteiger partial charge in [0.25, 0.3) is 0 Å². The standard InChI is InChI=1S/C13H22O2Si/c1-5-11-6-7-13(14-2)10-12(11)8-9-15-16(3)4/h6-7,10,16H,5,8-9H2,1-4H3. The average Bonchev–Trinajstić information content (AvgIpc) is 2.28. The smallest absolute Gasteiger partial charge is 0.170 e. The van der Waals surface area contributed by atoms with Crippen molar-refractivity contribution in [1.82, 2.24) is 0 Å². The van der Waals surface area contributed by atoms with E-state index in [1.165, 1.54) is 11.1 Å². The Balaban J connectivity index is 2.67. The van der Waals surface area contributed by atoms with Gasteiger partial charge in [-0.05, 0) is 49.2 Å². The number of rotatable bonds is 6. The molecule has 2 nitrogen and oxygen atoms in total. The van der Waals surface area contributed by atoms with Crippen LogP contribution in [0.4, 0.5) is 0 Å². The molecule has 16 heavy (non-hydrogen) atoms. The molecule has 0 heterocycles. The van der Waals surface area contributed by atoms with Gasteiger partial charge in [0, 0.05) is 6.61 Å². The Labute approximate surface area is 100 Å². The van der Waals surface area contributed by atoms with E-state index in [9.17, 15) is 0 Å². The van der Waals surface area contributed by atoms with Gasteiger partial charge in [-0.15, -0.1) is 0 Å². The number of benzene rings is 1. The Morgan fingerprint density at radius 3 is 2.50 bits per heavy atom. The van der Waals surface area contributed by atoms with Gasteiger partial charge in [0.15, 0.2) is 9.04 Å². The van der Waals surface area contributed by atoms with E-state index in [0.717, 1.165) is 25.2 Å². The van der Waals surface area contributed by atoms with Gasteiger partial charge in [0.1, 0.15) is 5.75 Å². The third-order valence-electron chi connectivity index (χ3n) is 2.62. The molecule has 0 N–H and O–H groups in total. The fraction of sp³-hybridized carbons (Fsp3) is 0.538. The molecule has 0 saturated heterocycles. The molecule has 0 aromatic heterocycles. The van der Waals surface area contributed by atoms with Crippen molar-refractivity contribution in [3.05, 3.63) is 29.3 Å². The van der Waals surface area contributed by atoms with E-state index in [1.807, 2.05) is 6.07 Å². The van der Waals surface area contributed by atoms with E-state index in [0.29, 0.717) is 0 Å². The Bertz CT molecular complexity index is 324. The van der Waals surface area contributed by atoms with Crippen molar-refractivity contribution in [2.24, 2.45) is 0 Å². The molecule has 0 radical (unpaired) electrons. The Morgan fingerprint density at radius 1 is 1.19 bits per heavy atom. The largest absolute Gasteiger partial charge is 0.497 e. The van der Waals surface area contributed by atoms with Crippen molar-refractivity contribution in [1.29, 1.82) is 0 Å². The predicted molar refractivity (Wildman–Crippen MR) is 70.9 cm³/mol. The first-order chi connectivity index (χ1) is 7.67. The molecule has 0 atom stereocenters. The number of hydrogen-bond donors (Lipinski definition) is 0. The number of hydrogen-bond acceptors (Lipinski definition) is 2. The second-order valence-electron chi connectivity index (χ2n) is 4.16. The molecule has 0 bridgehead atoms. The van der Waals surface area contributed by atoms with Crippen LogP contribution in [0.2, 0.25) is 13.1 Å². The zero-order chi connectivity index (χ0) is 12.0. The molecule has 0 saturated carbocycles. The van der Waals surface area contributed by atoms with E-state index >= 15 is 0 Å². The summed E-state index contributed by atoms with van der Waals surface area (Å²) in [5, 5.41) is 0. The highest BCUT2D eigenvalue weighted by Gasteiger charge is 2.04. The van der Waals surface area contributed by atoms with Crippen LogP contribution in [0.3, 0.4) is 0 Å².